The molecule has 2 aromatic rings. The van der Waals surface area contributed by atoms with Crippen LogP contribution in [0, 0.1) is 3.70 Å². The van der Waals surface area contributed by atoms with Crippen molar-refractivity contribution in [3.05, 3.63) is 28.4 Å². The second-order valence-electron chi connectivity index (χ2n) is 2.49. The second kappa shape index (κ2) is 2.93. The van der Waals surface area contributed by atoms with Crippen molar-refractivity contribution in [3.8, 4) is 0 Å². The van der Waals surface area contributed by atoms with Crippen LogP contribution in [-0.2, 0) is 0 Å². The van der Waals surface area contributed by atoms with Gasteiger partial charge in [-0.3, -0.25) is 0 Å². The minimum atomic E-state index is 1.03. The maximum Gasteiger partial charge on any atom is 0.127 e. The number of fused-ring (bicyclic) bond motifs is 1. The number of nitrogens with zero attached hydrogens (tertiary/aromatic N) is 2. The fourth-order valence-electron chi connectivity index (χ4n) is 1.11. The third-order valence-corrected chi connectivity index (χ3v) is 2.61. The minimum absolute atomic E-state index is 1.03. The van der Waals surface area contributed by atoms with E-state index in [2.05, 4.69) is 39.0 Å². The zero-order chi connectivity index (χ0) is 8.55. The van der Waals surface area contributed by atoms with Crippen LogP contribution in [0.1, 0.15) is 0 Å². The van der Waals surface area contributed by atoms with Gasteiger partial charge < -0.3 is 9.72 Å². The molecule has 0 saturated carbocycles. The smallest absolute Gasteiger partial charge is 0.127 e. The lowest BCUT2D eigenvalue weighted by Crippen LogP contribution is -1.89. The Morgan fingerprint density at radius 3 is 3.17 bits per heavy atom. The Labute approximate surface area is 83.9 Å². The number of anilines is 1. The molecule has 0 saturated heterocycles. The molecule has 2 heterocycles. The van der Waals surface area contributed by atoms with Crippen molar-refractivity contribution in [2.75, 3.05) is 12.4 Å². The van der Waals surface area contributed by atoms with Gasteiger partial charge in [-0.05, 0) is 34.7 Å². The molecule has 0 unspecified atom stereocenters. The molecule has 4 heteroatoms. The topological polar surface area (TPSA) is 29.3 Å². The van der Waals surface area contributed by atoms with Gasteiger partial charge >= 0.3 is 0 Å². The first kappa shape index (κ1) is 7.85. The lowest BCUT2D eigenvalue weighted by molar-refractivity contribution is 1.15. The molecule has 0 amide bonds. The number of hydrogen-bond donors (Lipinski definition) is 1. The summed E-state index contributed by atoms with van der Waals surface area (Å²) in [6, 6.07) is 4.10. The number of nitrogens with one attached hydrogen (secondary N) is 1. The van der Waals surface area contributed by atoms with Crippen LogP contribution in [0.15, 0.2) is 24.7 Å². The number of halogens is 1. The Morgan fingerprint density at radius 2 is 2.42 bits per heavy atom. The molecule has 3 nitrogen and oxygen atoms in total. The summed E-state index contributed by atoms with van der Waals surface area (Å²) in [7, 11) is 1.91. The second-order valence-corrected chi connectivity index (χ2v) is 3.52. The van der Waals surface area contributed by atoms with Crippen molar-refractivity contribution in [2.45, 2.75) is 0 Å². The molecule has 12 heavy (non-hydrogen) atoms. The fourth-order valence-corrected chi connectivity index (χ4v) is 1.67. The van der Waals surface area contributed by atoms with Crippen LogP contribution in [0.5, 0.6) is 0 Å². The Kier molecular flexibility index (Phi) is 1.92. The lowest BCUT2D eigenvalue weighted by Gasteiger charge is -1.99. The van der Waals surface area contributed by atoms with Crippen LogP contribution in [0.4, 0.5) is 5.69 Å². The van der Waals surface area contributed by atoms with E-state index in [1.165, 1.54) is 0 Å². The van der Waals surface area contributed by atoms with Gasteiger partial charge in [0.1, 0.15) is 10.0 Å². The predicted octanol–water partition coefficient (Wildman–Crippen LogP) is 1.98. The van der Waals surface area contributed by atoms with Gasteiger partial charge in [0.15, 0.2) is 0 Å². The summed E-state index contributed by atoms with van der Waals surface area (Å²) < 4.78 is 3.03. The SMILES string of the molecule is CNc1ccn2cnc(I)c2c1. The van der Waals surface area contributed by atoms with E-state index < -0.39 is 0 Å². The highest BCUT2D eigenvalue weighted by molar-refractivity contribution is 14.1. The molecule has 0 radical (unpaired) electrons. The highest BCUT2D eigenvalue weighted by Crippen LogP contribution is 2.16. The first-order chi connectivity index (χ1) is 5.81. The highest BCUT2D eigenvalue weighted by Gasteiger charge is 1.99. The number of pyridine rings is 1. The Morgan fingerprint density at radius 1 is 1.58 bits per heavy atom. The van der Waals surface area contributed by atoms with Crippen LogP contribution < -0.4 is 5.32 Å². The van der Waals surface area contributed by atoms with Crippen molar-refractivity contribution in [3.63, 3.8) is 0 Å². The Hall–Kier alpha value is -0.780. The van der Waals surface area contributed by atoms with Crippen LogP contribution in [-0.4, -0.2) is 16.4 Å². The van der Waals surface area contributed by atoms with E-state index in [0.717, 1.165) is 14.9 Å². The first-order valence-electron chi connectivity index (χ1n) is 3.61. The Bertz CT molecular complexity index is 408. The highest BCUT2D eigenvalue weighted by atomic mass is 127. The molecule has 0 atom stereocenters. The first-order valence-corrected chi connectivity index (χ1v) is 4.69. The number of rotatable bonds is 1. The van der Waals surface area contributed by atoms with E-state index in [4.69, 9.17) is 0 Å². The largest absolute Gasteiger partial charge is 0.388 e. The number of aromatic nitrogens is 2. The molecule has 0 bridgehead atoms. The van der Waals surface area contributed by atoms with E-state index >= 15 is 0 Å². The van der Waals surface area contributed by atoms with Gasteiger partial charge in [0.2, 0.25) is 0 Å². The van der Waals surface area contributed by atoms with E-state index in [0.29, 0.717) is 0 Å². The molecule has 0 aliphatic rings. The minimum Gasteiger partial charge on any atom is -0.388 e. The third kappa shape index (κ3) is 1.16. The van der Waals surface area contributed by atoms with E-state index in [1.807, 2.05) is 30.0 Å². The van der Waals surface area contributed by atoms with Crippen LogP contribution in [0.25, 0.3) is 5.52 Å². The molecular formula is C8H8IN3. The summed E-state index contributed by atoms with van der Waals surface area (Å²) in [5.74, 6) is 0. The molecule has 0 spiro atoms. The zero-order valence-corrected chi connectivity index (χ0v) is 8.74. The normalized spacial score (nSPS) is 10.5. The summed E-state index contributed by atoms with van der Waals surface area (Å²) in [5.41, 5.74) is 2.25. The molecule has 0 aromatic carbocycles. The van der Waals surface area contributed by atoms with Gasteiger partial charge in [-0.15, -0.1) is 0 Å². The summed E-state index contributed by atoms with van der Waals surface area (Å²) in [5, 5.41) is 3.09. The average molecular weight is 273 g/mol. The van der Waals surface area contributed by atoms with Gasteiger partial charge in [0, 0.05) is 18.9 Å². The standard InChI is InChI=1S/C8H8IN3/c1-10-6-2-3-12-5-11-8(9)7(12)4-6/h2-5,10H,1H3. The summed E-state index contributed by atoms with van der Waals surface area (Å²) in [4.78, 5) is 4.19. The number of imidazole rings is 1. The predicted molar refractivity (Wildman–Crippen MR) is 57.5 cm³/mol. The van der Waals surface area contributed by atoms with E-state index in [9.17, 15) is 0 Å². The van der Waals surface area contributed by atoms with Crippen LogP contribution in [0.3, 0.4) is 0 Å². The van der Waals surface area contributed by atoms with Crippen molar-refractivity contribution >= 4 is 33.8 Å². The number of hydrogen-bond acceptors (Lipinski definition) is 2. The van der Waals surface area contributed by atoms with Crippen molar-refractivity contribution in [1.29, 1.82) is 0 Å². The average Bonchev–Trinajstić information content (AvgIpc) is 2.47. The molecular weight excluding hydrogens is 265 g/mol. The third-order valence-electron chi connectivity index (χ3n) is 1.78. The lowest BCUT2D eigenvalue weighted by atomic mass is 10.3. The maximum absolute atomic E-state index is 4.19. The van der Waals surface area contributed by atoms with Gasteiger partial charge in [0.05, 0.1) is 5.52 Å². The molecule has 2 rings (SSSR count). The fraction of sp³-hybridized carbons (Fsp3) is 0.125. The van der Waals surface area contributed by atoms with Gasteiger partial charge in [0.25, 0.3) is 0 Å². The maximum atomic E-state index is 4.19. The van der Waals surface area contributed by atoms with Crippen LogP contribution in [0.2, 0.25) is 0 Å². The quantitative estimate of drug-likeness (QED) is 0.805. The summed E-state index contributed by atoms with van der Waals surface area (Å²) >= 11 is 2.23. The van der Waals surface area contributed by atoms with Crippen molar-refractivity contribution in [1.82, 2.24) is 9.38 Å². The van der Waals surface area contributed by atoms with Crippen molar-refractivity contribution < 1.29 is 0 Å². The van der Waals surface area contributed by atoms with Gasteiger partial charge in [-0.25, -0.2) is 4.98 Å². The zero-order valence-electron chi connectivity index (χ0n) is 6.58. The molecule has 2 aromatic heterocycles. The van der Waals surface area contributed by atoms with Gasteiger partial charge in [-0.1, -0.05) is 0 Å². The monoisotopic (exact) mass is 273 g/mol. The summed E-state index contributed by atoms with van der Waals surface area (Å²) in [6.07, 6.45) is 3.81. The summed E-state index contributed by atoms with van der Waals surface area (Å²) in [6.45, 7) is 0. The van der Waals surface area contributed by atoms with E-state index in [1.54, 1.807) is 0 Å². The molecule has 0 fully saturated rings. The van der Waals surface area contributed by atoms with Gasteiger partial charge in [-0.2, -0.15) is 0 Å². The molecule has 0 aliphatic heterocycles. The Balaban J connectivity index is 2.71. The van der Waals surface area contributed by atoms with Crippen molar-refractivity contribution in [2.24, 2.45) is 0 Å². The molecule has 1 N–H and O–H groups in total. The molecule has 0 aliphatic carbocycles. The molecule has 62 valence electrons. The van der Waals surface area contributed by atoms with Crippen LogP contribution >= 0.6 is 22.6 Å². The van der Waals surface area contributed by atoms with E-state index in [-0.39, 0.29) is 0 Å².